The standard InChI is InChI=1S/C17H23NO3/c1-11(2)16(19)20-10-21-17(3-4-18)14-6-12-5-13(8-14)9-15(17)7-12/h12-15H,1,3,5-10H2,2H3. The topological polar surface area (TPSA) is 59.3 Å². The van der Waals surface area contributed by atoms with Crippen LogP contribution in [0.25, 0.3) is 0 Å². The summed E-state index contributed by atoms with van der Waals surface area (Å²) in [6, 6.07) is 2.31. The maximum atomic E-state index is 11.5. The molecule has 0 aromatic rings. The first kappa shape index (κ1) is 14.6. The lowest BCUT2D eigenvalue weighted by Crippen LogP contribution is -2.59. The van der Waals surface area contributed by atoms with Crippen LogP contribution in [0.3, 0.4) is 0 Å². The number of nitrogens with zero attached hydrogens (tertiary/aromatic N) is 1. The summed E-state index contributed by atoms with van der Waals surface area (Å²) in [5, 5.41) is 9.26. The van der Waals surface area contributed by atoms with Crippen LogP contribution >= 0.6 is 0 Å². The minimum atomic E-state index is -0.425. The van der Waals surface area contributed by atoms with Crippen LogP contribution in [0.2, 0.25) is 0 Å². The van der Waals surface area contributed by atoms with Gasteiger partial charge in [-0.15, -0.1) is 0 Å². The van der Waals surface area contributed by atoms with Gasteiger partial charge >= 0.3 is 5.97 Å². The van der Waals surface area contributed by atoms with E-state index in [9.17, 15) is 10.1 Å². The Hall–Kier alpha value is -1.34. The zero-order chi connectivity index (χ0) is 15.0. The van der Waals surface area contributed by atoms with E-state index in [0.717, 1.165) is 11.8 Å². The molecule has 4 bridgehead atoms. The van der Waals surface area contributed by atoms with Crippen LogP contribution in [-0.2, 0) is 14.3 Å². The lowest BCUT2D eigenvalue weighted by Gasteiger charge is -2.60. The molecular formula is C17H23NO3. The van der Waals surface area contributed by atoms with Crippen molar-refractivity contribution in [3.8, 4) is 6.07 Å². The van der Waals surface area contributed by atoms with Crippen LogP contribution in [-0.4, -0.2) is 18.4 Å². The SMILES string of the molecule is C=C(C)C(=O)OCOC1(CC#N)C2CC3CC(C2)CC1C3. The van der Waals surface area contributed by atoms with Crippen molar-refractivity contribution in [1.29, 1.82) is 5.26 Å². The van der Waals surface area contributed by atoms with Gasteiger partial charge in [-0.05, 0) is 62.7 Å². The molecule has 0 saturated heterocycles. The van der Waals surface area contributed by atoms with E-state index >= 15 is 0 Å². The maximum absolute atomic E-state index is 11.5. The van der Waals surface area contributed by atoms with E-state index < -0.39 is 11.6 Å². The van der Waals surface area contributed by atoms with E-state index in [2.05, 4.69) is 12.6 Å². The van der Waals surface area contributed by atoms with Crippen molar-refractivity contribution in [2.75, 3.05) is 6.79 Å². The van der Waals surface area contributed by atoms with E-state index in [4.69, 9.17) is 9.47 Å². The highest BCUT2D eigenvalue weighted by atomic mass is 16.7. The number of rotatable bonds is 5. The summed E-state index contributed by atoms with van der Waals surface area (Å²) in [7, 11) is 0. The van der Waals surface area contributed by atoms with Crippen LogP contribution in [0.1, 0.15) is 45.4 Å². The third-order valence-corrected chi connectivity index (χ3v) is 5.74. The smallest absolute Gasteiger partial charge is 0.335 e. The maximum Gasteiger partial charge on any atom is 0.335 e. The Morgan fingerprint density at radius 3 is 2.29 bits per heavy atom. The zero-order valence-electron chi connectivity index (χ0n) is 12.6. The summed E-state index contributed by atoms with van der Waals surface area (Å²) >= 11 is 0. The Morgan fingerprint density at radius 1 is 1.24 bits per heavy atom. The average molecular weight is 289 g/mol. The van der Waals surface area contributed by atoms with Gasteiger partial charge < -0.3 is 9.47 Å². The van der Waals surface area contributed by atoms with Gasteiger partial charge in [0.2, 0.25) is 0 Å². The summed E-state index contributed by atoms with van der Waals surface area (Å²) in [4.78, 5) is 11.5. The molecule has 0 aliphatic heterocycles. The molecule has 0 N–H and O–H groups in total. The Morgan fingerprint density at radius 2 is 1.81 bits per heavy atom. The van der Waals surface area contributed by atoms with Crippen LogP contribution in [0, 0.1) is 35.0 Å². The fourth-order valence-corrected chi connectivity index (χ4v) is 5.00. The van der Waals surface area contributed by atoms with Crippen molar-refractivity contribution in [1.82, 2.24) is 0 Å². The number of hydrogen-bond donors (Lipinski definition) is 0. The fraction of sp³-hybridized carbons (Fsp3) is 0.765. The summed E-state index contributed by atoms with van der Waals surface area (Å²) in [5.41, 5.74) is -0.0182. The molecule has 0 spiro atoms. The van der Waals surface area contributed by atoms with Crippen molar-refractivity contribution < 1.29 is 14.3 Å². The Balaban J connectivity index is 1.70. The Bertz CT molecular complexity index is 463. The number of carbonyl (C=O) groups excluding carboxylic acids is 1. The third kappa shape index (κ3) is 2.48. The highest BCUT2D eigenvalue weighted by Crippen LogP contribution is 2.60. The molecule has 114 valence electrons. The van der Waals surface area contributed by atoms with Gasteiger partial charge in [-0.1, -0.05) is 6.58 Å². The van der Waals surface area contributed by atoms with Gasteiger partial charge in [0, 0.05) is 5.57 Å². The third-order valence-electron chi connectivity index (χ3n) is 5.74. The van der Waals surface area contributed by atoms with E-state index in [1.165, 1.54) is 32.1 Å². The van der Waals surface area contributed by atoms with Crippen molar-refractivity contribution >= 4 is 5.97 Å². The lowest BCUT2D eigenvalue weighted by atomic mass is 9.49. The minimum absolute atomic E-state index is 0.0598. The molecule has 4 aliphatic carbocycles. The molecule has 0 heterocycles. The monoisotopic (exact) mass is 289 g/mol. The number of carbonyl (C=O) groups is 1. The average Bonchev–Trinajstić information content (AvgIpc) is 2.43. The van der Waals surface area contributed by atoms with Gasteiger partial charge in [0.25, 0.3) is 0 Å². The van der Waals surface area contributed by atoms with Gasteiger partial charge in [0.1, 0.15) is 0 Å². The van der Waals surface area contributed by atoms with E-state index in [0.29, 0.717) is 23.8 Å². The van der Waals surface area contributed by atoms with Crippen LogP contribution in [0.4, 0.5) is 0 Å². The van der Waals surface area contributed by atoms with Gasteiger partial charge in [-0.3, -0.25) is 0 Å². The summed E-state index contributed by atoms with van der Waals surface area (Å²) in [5.74, 6) is 2.13. The molecule has 4 fully saturated rings. The number of ether oxygens (including phenoxy) is 2. The van der Waals surface area contributed by atoms with E-state index in [-0.39, 0.29) is 6.79 Å². The summed E-state index contributed by atoms with van der Waals surface area (Å²) in [6.45, 7) is 5.13. The van der Waals surface area contributed by atoms with Crippen molar-refractivity contribution in [3.05, 3.63) is 12.2 Å². The molecule has 21 heavy (non-hydrogen) atoms. The molecule has 4 aliphatic rings. The fourth-order valence-electron chi connectivity index (χ4n) is 5.00. The zero-order valence-corrected chi connectivity index (χ0v) is 12.6. The van der Waals surface area contributed by atoms with Crippen molar-refractivity contribution in [2.45, 2.75) is 51.0 Å². The first-order valence-corrected chi connectivity index (χ1v) is 7.88. The molecule has 4 rings (SSSR count). The Kier molecular flexibility index (Phi) is 3.79. The molecule has 0 unspecified atom stereocenters. The van der Waals surface area contributed by atoms with Crippen LogP contribution in [0.15, 0.2) is 12.2 Å². The first-order chi connectivity index (χ1) is 10.0. The van der Waals surface area contributed by atoms with Gasteiger partial charge in [0.15, 0.2) is 6.79 Å². The lowest BCUT2D eigenvalue weighted by molar-refractivity contribution is -0.236. The Labute approximate surface area is 126 Å². The number of esters is 1. The second-order valence-corrected chi connectivity index (χ2v) is 7.07. The summed E-state index contributed by atoms with van der Waals surface area (Å²) in [6.07, 6.45) is 6.45. The number of nitriles is 1. The molecular weight excluding hydrogens is 266 g/mol. The largest absolute Gasteiger partial charge is 0.435 e. The molecule has 0 aromatic carbocycles. The van der Waals surface area contributed by atoms with Crippen LogP contribution in [0.5, 0.6) is 0 Å². The van der Waals surface area contributed by atoms with Crippen LogP contribution < -0.4 is 0 Å². The molecule has 4 saturated carbocycles. The number of hydrogen-bond acceptors (Lipinski definition) is 4. The predicted octanol–water partition coefficient (Wildman–Crippen LogP) is 3.19. The highest BCUT2D eigenvalue weighted by Gasteiger charge is 2.58. The van der Waals surface area contributed by atoms with Gasteiger partial charge in [-0.25, -0.2) is 4.79 Å². The summed E-state index contributed by atoms with van der Waals surface area (Å²) < 4.78 is 11.2. The highest BCUT2D eigenvalue weighted by molar-refractivity contribution is 5.86. The molecule has 0 radical (unpaired) electrons. The normalized spacial score (nSPS) is 39.8. The first-order valence-electron chi connectivity index (χ1n) is 7.88. The van der Waals surface area contributed by atoms with Crippen molar-refractivity contribution in [2.24, 2.45) is 23.7 Å². The molecule has 0 atom stereocenters. The molecule has 0 aromatic heterocycles. The van der Waals surface area contributed by atoms with Gasteiger partial charge in [-0.2, -0.15) is 5.26 Å². The van der Waals surface area contributed by atoms with E-state index in [1.54, 1.807) is 6.92 Å². The second kappa shape index (κ2) is 5.46. The predicted molar refractivity (Wildman–Crippen MR) is 76.9 cm³/mol. The molecule has 4 heteroatoms. The quantitative estimate of drug-likeness (QED) is 0.443. The second-order valence-electron chi connectivity index (χ2n) is 7.07. The molecule has 4 nitrogen and oxygen atoms in total. The van der Waals surface area contributed by atoms with Crippen molar-refractivity contribution in [3.63, 3.8) is 0 Å². The molecule has 0 amide bonds. The van der Waals surface area contributed by atoms with Gasteiger partial charge in [0.05, 0.1) is 18.1 Å². The minimum Gasteiger partial charge on any atom is -0.435 e. The van der Waals surface area contributed by atoms with E-state index in [1.807, 2.05) is 0 Å².